The van der Waals surface area contributed by atoms with E-state index in [1.807, 2.05) is 25.1 Å². The maximum Gasteiger partial charge on any atom is 0.218 e. The molecule has 2 aromatic rings. The summed E-state index contributed by atoms with van der Waals surface area (Å²) in [6.07, 6.45) is 0. The van der Waals surface area contributed by atoms with Crippen molar-refractivity contribution in [2.24, 2.45) is 4.99 Å². The maximum atomic E-state index is 5.50. The van der Waals surface area contributed by atoms with Crippen molar-refractivity contribution in [1.29, 1.82) is 0 Å². The summed E-state index contributed by atoms with van der Waals surface area (Å²) in [6, 6.07) is 10.2. The van der Waals surface area contributed by atoms with Crippen LogP contribution in [-0.2, 0) is 4.74 Å². The highest BCUT2D eigenvalue weighted by Gasteiger charge is 2.13. The van der Waals surface area contributed by atoms with Crippen LogP contribution in [0.2, 0.25) is 0 Å². The molecule has 80 valence electrons. The van der Waals surface area contributed by atoms with E-state index in [9.17, 15) is 0 Å². The number of ether oxygens (including phenoxy) is 1. The molecule has 1 aromatic heterocycles. The first kappa shape index (κ1) is 9.33. The van der Waals surface area contributed by atoms with E-state index in [1.54, 1.807) is 0 Å². The Balaban J connectivity index is 2.27. The van der Waals surface area contributed by atoms with Gasteiger partial charge in [0.05, 0.1) is 17.6 Å². The van der Waals surface area contributed by atoms with Gasteiger partial charge in [-0.05, 0) is 19.1 Å². The lowest BCUT2D eigenvalue weighted by molar-refractivity contribution is 0.348. The van der Waals surface area contributed by atoms with Gasteiger partial charge in [0.2, 0.25) is 5.90 Å². The van der Waals surface area contributed by atoms with Crippen molar-refractivity contribution < 1.29 is 4.74 Å². The molecule has 3 heteroatoms. The molecule has 3 nitrogen and oxygen atoms in total. The Morgan fingerprint density at radius 3 is 2.94 bits per heavy atom. The molecule has 0 radical (unpaired) electrons. The number of aryl methyl sites for hydroxylation is 1. The van der Waals surface area contributed by atoms with Crippen molar-refractivity contribution in [3.8, 4) is 0 Å². The first-order chi connectivity index (χ1) is 7.84. The molecule has 0 amide bonds. The first-order valence-electron chi connectivity index (χ1n) is 5.38. The van der Waals surface area contributed by atoms with Crippen molar-refractivity contribution in [3.05, 3.63) is 41.6 Å². The molecule has 0 fully saturated rings. The lowest BCUT2D eigenvalue weighted by atomic mass is 10.1. The number of fused-ring (bicyclic) bond motifs is 1. The lowest BCUT2D eigenvalue weighted by Crippen LogP contribution is -2.03. The van der Waals surface area contributed by atoms with Crippen molar-refractivity contribution in [2.45, 2.75) is 6.92 Å². The number of rotatable bonds is 1. The normalized spacial score (nSPS) is 14.9. The highest BCUT2D eigenvalue weighted by Crippen LogP contribution is 2.19. The number of hydrogen-bond donors (Lipinski definition) is 0. The fourth-order valence-corrected chi connectivity index (χ4v) is 1.92. The van der Waals surface area contributed by atoms with Crippen LogP contribution in [0.5, 0.6) is 0 Å². The first-order valence-corrected chi connectivity index (χ1v) is 5.38. The van der Waals surface area contributed by atoms with Crippen LogP contribution in [-0.4, -0.2) is 24.0 Å². The van der Waals surface area contributed by atoms with E-state index in [-0.39, 0.29) is 0 Å². The van der Waals surface area contributed by atoms with E-state index in [0.717, 1.165) is 34.6 Å². The second-order valence-corrected chi connectivity index (χ2v) is 3.87. The zero-order chi connectivity index (χ0) is 11.0. The molecule has 0 spiro atoms. The van der Waals surface area contributed by atoms with Gasteiger partial charge in [0.25, 0.3) is 0 Å². The predicted molar refractivity (Wildman–Crippen MR) is 63.8 cm³/mol. The van der Waals surface area contributed by atoms with Gasteiger partial charge in [0, 0.05) is 11.1 Å². The lowest BCUT2D eigenvalue weighted by Gasteiger charge is -2.06. The highest BCUT2D eigenvalue weighted by molar-refractivity contribution is 6.05. The zero-order valence-electron chi connectivity index (χ0n) is 9.10. The van der Waals surface area contributed by atoms with Crippen LogP contribution in [0.3, 0.4) is 0 Å². The summed E-state index contributed by atoms with van der Waals surface area (Å²) < 4.78 is 5.50. The predicted octanol–water partition coefficient (Wildman–Crippen LogP) is 2.32. The number of hydrogen-bond acceptors (Lipinski definition) is 3. The van der Waals surface area contributed by atoms with Gasteiger partial charge in [-0.25, -0.2) is 4.99 Å². The Bertz CT molecular complexity index is 575. The average molecular weight is 212 g/mol. The number of aliphatic imine (C=N–C) groups is 1. The minimum atomic E-state index is 0.678. The largest absolute Gasteiger partial charge is 0.475 e. The number of para-hydroxylation sites is 1. The van der Waals surface area contributed by atoms with Gasteiger partial charge in [-0.1, -0.05) is 18.2 Å². The topological polar surface area (TPSA) is 34.5 Å². The van der Waals surface area contributed by atoms with Crippen LogP contribution in [0.1, 0.15) is 11.3 Å². The van der Waals surface area contributed by atoms with Crippen molar-refractivity contribution >= 4 is 16.8 Å². The third-order valence-electron chi connectivity index (χ3n) is 2.68. The third kappa shape index (κ3) is 1.45. The Kier molecular flexibility index (Phi) is 2.10. The van der Waals surface area contributed by atoms with E-state index in [1.165, 1.54) is 0 Å². The molecule has 1 aromatic carbocycles. The summed E-state index contributed by atoms with van der Waals surface area (Å²) in [6.45, 7) is 3.42. The number of pyridine rings is 1. The van der Waals surface area contributed by atoms with Gasteiger partial charge in [0.15, 0.2) is 0 Å². The maximum absolute atomic E-state index is 5.50. The molecule has 16 heavy (non-hydrogen) atoms. The smallest absolute Gasteiger partial charge is 0.218 e. The quantitative estimate of drug-likeness (QED) is 0.727. The summed E-state index contributed by atoms with van der Waals surface area (Å²) in [5, 5.41) is 1.13. The monoisotopic (exact) mass is 212 g/mol. The van der Waals surface area contributed by atoms with E-state index in [0.29, 0.717) is 6.61 Å². The molecule has 0 saturated carbocycles. The molecule has 0 bridgehead atoms. The van der Waals surface area contributed by atoms with Crippen molar-refractivity contribution in [3.63, 3.8) is 0 Å². The average Bonchev–Trinajstić information content (AvgIpc) is 2.81. The van der Waals surface area contributed by atoms with Crippen LogP contribution in [0, 0.1) is 6.92 Å². The summed E-state index contributed by atoms with van der Waals surface area (Å²) in [5.74, 6) is 0.726. The molecule has 0 saturated heterocycles. The summed E-state index contributed by atoms with van der Waals surface area (Å²) >= 11 is 0. The molecule has 1 aliphatic rings. The van der Waals surface area contributed by atoms with Crippen molar-refractivity contribution in [1.82, 2.24) is 4.98 Å². The zero-order valence-corrected chi connectivity index (χ0v) is 9.10. The van der Waals surface area contributed by atoms with Crippen LogP contribution >= 0.6 is 0 Å². The van der Waals surface area contributed by atoms with Gasteiger partial charge in [-0.3, -0.25) is 4.98 Å². The van der Waals surface area contributed by atoms with Crippen LogP contribution in [0.4, 0.5) is 0 Å². The second-order valence-electron chi connectivity index (χ2n) is 3.87. The molecule has 1 aliphatic heterocycles. The fourth-order valence-electron chi connectivity index (χ4n) is 1.92. The molecule has 0 N–H and O–H groups in total. The van der Waals surface area contributed by atoms with Gasteiger partial charge >= 0.3 is 0 Å². The SMILES string of the molecule is Cc1ccc2cccc(C3=NCCO3)c2n1. The molecule has 0 aliphatic carbocycles. The van der Waals surface area contributed by atoms with Crippen LogP contribution in [0.15, 0.2) is 35.3 Å². The van der Waals surface area contributed by atoms with Crippen LogP contribution in [0.25, 0.3) is 10.9 Å². The third-order valence-corrected chi connectivity index (χ3v) is 2.68. The van der Waals surface area contributed by atoms with Crippen LogP contribution < -0.4 is 0 Å². The molecule has 0 unspecified atom stereocenters. The Morgan fingerprint density at radius 1 is 1.19 bits per heavy atom. The second kappa shape index (κ2) is 3.59. The van der Waals surface area contributed by atoms with Crippen molar-refractivity contribution in [2.75, 3.05) is 13.2 Å². The minimum Gasteiger partial charge on any atom is -0.475 e. The Hall–Kier alpha value is -1.90. The van der Waals surface area contributed by atoms with Gasteiger partial charge in [-0.15, -0.1) is 0 Å². The molecular formula is C13H12N2O. The molecular weight excluding hydrogens is 200 g/mol. The van der Waals surface area contributed by atoms with Gasteiger partial charge in [-0.2, -0.15) is 0 Å². The highest BCUT2D eigenvalue weighted by atomic mass is 16.5. The molecule has 0 atom stereocenters. The minimum absolute atomic E-state index is 0.678. The molecule has 3 rings (SSSR count). The van der Waals surface area contributed by atoms with E-state index < -0.39 is 0 Å². The van der Waals surface area contributed by atoms with E-state index in [4.69, 9.17) is 4.74 Å². The van der Waals surface area contributed by atoms with E-state index in [2.05, 4.69) is 22.1 Å². The Morgan fingerprint density at radius 2 is 2.12 bits per heavy atom. The summed E-state index contributed by atoms with van der Waals surface area (Å²) in [5.41, 5.74) is 2.99. The standard InChI is InChI=1S/C13H12N2O/c1-9-5-6-10-3-2-4-11(12(10)15-9)13-14-7-8-16-13/h2-6H,7-8H2,1H3. The summed E-state index contributed by atoms with van der Waals surface area (Å²) in [7, 11) is 0. The summed E-state index contributed by atoms with van der Waals surface area (Å²) in [4.78, 5) is 8.90. The number of benzene rings is 1. The number of nitrogens with zero attached hydrogens (tertiary/aromatic N) is 2. The molecule has 2 heterocycles. The number of aromatic nitrogens is 1. The van der Waals surface area contributed by atoms with Gasteiger partial charge in [0.1, 0.15) is 6.61 Å². The van der Waals surface area contributed by atoms with Gasteiger partial charge < -0.3 is 4.74 Å². The Labute approximate surface area is 93.8 Å². The fraction of sp³-hybridized carbons (Fsp3) is 0.231. The van der Waals surface area contributed by atoms with E-state index >= 15 is 0 Å².